The summed E-state index contributed by atoms with van der Waals surface area (Å²) in [5.41, 5.74) is 6.70. The third kappa shape index (κ3) is 3.22. The van der Waals surface area contributed by atoms with E-state index in [9.17, 15) is 0 Å². The van der Waals surface area contributed by atoms with E-state index in [1.54, 1.807) is 24.6 Å². The standard InChI is InChI=1S/C12H14BrN3OS/c1-17-11-3-2-8(4-10(11)13)6-15-12-16-7-9(5-14)18-12/h2-4,7H,5-6,14H2,1H3,(H,15,16). The largest absolute Gasteiger partial charge is 0.496 e. The van der Waals surface area contributed by atoms with E-state index in [-0.39, 0.29) is 0 Å². The van der Waals surface area contributed by atoms with E-state index in [1.165, 1.54) is 0 Å². The van der Waals surface area contributed by atoms with Gasteiger partial charge in [-0.25, -0.2) is 4.98 Å². The average Bonchev–Trinajstić information content (AvgIpc) is 2.84. The molecule has 0 unspecified atom stereocenters. The number of benzene rings is 1. The molecule has 0 bridgehead atoms. The molecule has 0 saturated carbocycles. The first kappa shape index (κ1) is 13.3. The van der Waals surface area contributed by atoms with Crippen LogP contribution < -0.4 is 15.8 Å². The Morgan fingerprint density at radius 3 is 2.94 bits per heavy atom. The van der Waals surface area contributed by atoms with Gasteiger partial charge in [-0.05, 0) is 33.6 Å². The van der Waals surface area contributed by atoms with Gasteiger partial charge in [0.05, 0.1) is 11.6 Å². The van der Waals surface area contributed by atoms with Crippen molar-refractivity contribution >= 4 is 32.4 Å². The number of aromatic nitrogens is 1. The van der Waals surface area contributed by atoms with Crippen molar-refractivity contribution in [3.05, 3.63) is 39.3 Å². The Morgan fingerprint density at radius 2 is 2.33 bits per heavy atom. The lowest BCUT2D eigenvalue weighted by atomic mass is 10.2. The number of nitrogens with one attached hydrogen (secondary N) is 1. The molecule has 1 aromatic carbocycles. The Kier molecular flexibility index (Phi) is 4.57. The van der Waals surface area contributed by atoms with Gasteiger partial charge in [0, 0.05) is 24.2 Å². The minimum Gasteiger partial charge on any atom is -0.496 e. The van der Waals surface area contributed by atoms with Gasteiger partial charge in [0.15, 0.2) is 5.13 Å². The molecule has 4 nitrogen and oxygen atoms in total. The summed E-state index contributed by atoms with van der Waals surface area (Å²) in [6.07, 6.45) is 1.80. The van der Waals surface area contributed by atoms with Crippen molar-refractivity contribution in [2.75, 3.05) is 12.4 Å². The van der Waals surface area contributed by atoms with Crippen LogP contribution in [0.5, 0.6) is 5.75 Å². The van der Waals surface area contributed by atoms with Gasteiger partial charge in [0.2, 0.25) is 0 Å². The van der Waals surface area contributed by atoms with Crippen LogP contribution in [-0.2, 0) is 13.1 Å². The Hall–Kier alpha value is -1.11. The number of ether oxygens (including phenoxy) is 1. The van der Waals surface area contributed by atoms with E-state index in [4.69, 9.17) is 10.5 Å². The Morgan fingerprint density at radius 1 is 1.50 bits per heavy atom. The van der Waals surface area contributed by atoms with Crippen LogP contribution in [0.4, 0.5) is 5.13 Å². The Labute approximate surface area is 118 Å². The van der Waals surface area contributed by atoms with E-state index in [1.807, 2.05) is 18.2 Å². The van der Waals surface area contributed by atoms with Crippen LogP contribution in [0.2, 0.25) is 0 Å². The first-order chi connectivity index (χ1) is 8.72. The number of methoxy groups -OCH3 is 1. The Bertz CT molecular complexity index is 530. The molecule has 0 spiro atoms. The maximum Gasteiger partial charge on any atom is 0.183 e. The molecule has 0 aliphatic carbocycles. The maximum atomic E-state index is 5.54. The van der Waals surface area contributed by atoms with E-state index >= 15 is 0 Å². The first-order valence-electron chi connectivity index (χ1n) is 5.44. The SMILES string of the molecule is COc1ccc(CNc2ncc(CN)s2)cc1Br. The second kappa shape index (κ2) is 6.17. The third-order valence-corrected chi connectivity index (χ3v) is 4.01. The summed E-state index contributed by atoms with van der Waals surface area (Å²) in [5, 5.41) is 4.16. The van der Waals surface area contributed by atoms with Crippen molar-refractivity contribution in [1.29, 1.82) is 0 Å². The molecular weight excluding hydrogens is 314 g/mol. The van der Waals surface area contributed by atoms with Crippen molar-refractivity contribution in [2.24, 2.45) is 5.73 Å². The lowest BCUT2D eigenvalue weighted by molar-refractivity contribution is 0.412. The van der Waals surface area contributed by atoms with E-state index in [0.29, 0.717) is 6.54 Å². The zero-order valence-corrected chi connectivity index (χ0v) is 12.3. The number of halogens is 1. The van der Waals surface area contributed by atoms with Crippen molar-refractivity contribution in [1.82, 2.24) is 4.98 Å². The highest BCUT2D eigenvalue weighted by atomic mass is 79.9. The predicted octanol–water partition coefficient (Wildman–Crippen LogP) is 2.99. The molecule has 3 N–H and O–H groups in total. The lowest BCUT2D eigenvalue weighted by Gasteiger charge is -2.06. The molecule has 0 aliphatic heterocycles. The second-order valence-electron chi connectivity index (χ2n) is 3.66. The molecule has 0 saturated heterocycles. The normalized spacial score (nSPS) is 10.4. The zero-order chi connectivity index (χ0) is 13.0. The molecule has 1 heterocycles. The number of anilines is 1. The summed E-state index contributed by atoms with van der Waals surface area (Å²) in [6, 6.07) is 5.99. The van der Waals surface area contributed by atoms with Crippen LogP contribution in [0.3, 0.4) is 0 Å². The first-order valence-corrected chi connectivity index (χ1v) is 7.05. The van der Waals surface area contributed by atoms with Crippen LogP contribution in [-0.4, -0.2) is 12.1 Å². The molecule has 0 atom stereocenters. The Balaban J connectivity index is 1.99. The van der Waals surface area contributed by atoms with Gasteiger partial charge in [-0.15, -0.1) is 11.3 Å². The van der Waals surface area contributed by atoms with Gasteiger partial charge in [0.25, 0.3) is 0 Å². The van der Waals surface area contributed by atoms with Crippen molar-refractivity contribution in [3.63, 3.8) is 0 Å². The molecular formula is C12H14BrN3OS. The van der Waals surface area contributed by atoms with E-state index in [2.05, 4.69) is 26.2 Å². The van der Waals surface area contributed by atoms with Crippen LogP contribution >= 0.6 is 27.3 Å². The fraction of sp³-hybridized carbons (Fsp3) is 0.250. The molecule has 2 rings (SSSR count). The number of hydrogen-bond donors (Lipinski definition) is 2. The summed E-state index contributed by atoms with van der Waals surface area (Å²) in [6.45, 7) is 1.26. The number of thiazole rings is 1. The summed E-state index contributed by atoms with van der Waals surface area (Å²) in [7, 11) is 1.65. The van der Waals surface area contributed by atoms with Gasteiger partial charge >= 0.3 is 0 Å². The summed E-state index contributed by atoms with van der Waals surface area (Å²) < 4.78 is 6.14. The smallest absolute Gasteiger partial charge is 0.183 e. The fourth-order valence-electron chi connectivity index (χ4n) is 1.48. The number of nitrogens with zero attached hydrogens (tertiary/aromatic N) is 1. The summed E-state index contributed by atoms with van der Waals surface area (Å²) >= 11 is 5.05. The molecule has 96 valence electrons. The average molecular weight is 328 g/mol. The zero-order valence-electron chi connectivity index (χ0n) is 9.94. The fourth-order valence-corrected chi connectivity index (χ4v) is 2.76. The van der Waals surface area contributed by atoms with Gasteiger partial charge in [-0.3, -0.25) is 0 Å². The van der Waals surface area contributed by atoms with Crippen LogP contribution in [0.1, 0.15) is 10.4 Å². The molecule has 1 aromatic heterocycles. The minimum absolute atomic E-state index is 0.535. The van der Waals surface area contributed by atoms with Crippen LogP contribution in [0, 0.1) is 0 Å². The monoisotopic (exact) mass is 327 g/mol. The topological polar surface area (TPSA) is 60.2 Å². The van der Waals surface area contributed by atoms with Gasteiger partial charge in [-0.2, -0.15) is 0 Å². The summed E-state index contributed by atoms with van der Waals surface area (Å²) in [5.74, 6) is 0.832. The predicted molar refractivity (Wildman–Crippen MR) is 78.0 cm³/mol. The van der Waals surface area contributed by atoms with Gasteiger partial charge < -0.3 is 15.8 Å². The maximum absolute atomic E-state index is 5.54. The summed E-state index contributed by atoms with van der Waals surface area (Å²) in [4.78, 5) is 5.33. The molecule has 6 heteroatoms. The minimum atomic E-state index is 0.535. The van der Waals surface area contributed by atoms with Gasteiger partial charge in [-0.1, -0.05) is 6.07 Å². The number of hydrogen-bond acceptors (Lipinski definition) is 5. The number of rotatable bonds is 5. The molecule has 0 radical (unpaired) electrons. The highest BCUT2D eigenvalue weighted by Gasteiger charge is 2.03. The van der Waals surface area contributed by atoms with Crippen molar-refractivity contribution in [2.45, 2.75) is 13.1 Å². The van der Waals surface area contributed by atoms with E-state index < -0.39 is 0 Å². The molecule has 0 aliphatic rings. The highest BCUT2D eigenvalue weighted by molar-refractivity contribution is 9.10. The quantitative estimate of drug-likeness (QED) is 0.886. The van der Waals surface area contributed by atoms with Gasteiger partial charge in [0.1, 0.15) is 5.75 Å². The lowest BCUT2D eigenvalue weighted by Crippen LogP contribution is -1.99. The van der Waals surface area contributed by atoms with Crippen LogP contribution in [0.25, 0.3) is 0 Å². The van der Waals surface area contributed by atoms with E-state index in [0.717, 1.165) is 32.3 Å². The highest BCUT2D eigenvalue weighted by Crippen LogP contribution is 2.26. The molecule has 18 heavy (non-hydrogen) atoms. The van der Waals surface area contributed by atoms with Crippen LogP contribution in [0.15, 0.2) is 28.9 Å². The second-order valence-corrected chi connectivity index (χ2v) is 5.63. The van der Waals surface area contributed by atoms with Crippen molar-refractivity contribution < 1.29 is 4.74 Å². The van der Waals surface area contributed by atoms with Crippen molar-refractivity contribution in [3.8, 4) is 5.75 Å². The number of nitrogens with two attached hydrogens (primary N) is 1. The molecule has 0 amide bonds. The molecule has 0 fully saturated rings. The third-order valence-electron chi connectivity index (χ3n) is 2.41. The molecule has 2 aromatic rings.